The average molecular weight is 510 g/mol. The van der Waals surface area contributed by atoms with Crippen LogP contribution in [0.25, 0.3) is 16.6 Å². The van der Waals surface area contributed by atoms with Crippen molar-refractivity contribution in [3.8, 4) is 5.69 Å². The number of benzene rings is 3. The maximum absolute atomic E-state index is 12.3. The second-order valence-electron chi connectivity index (χ2n) is 9.22. The standard InChI is InChI=1S/C29H27N5O2S/c35-26-3-1-15-33(19-26)24-10-5-21(6-11-24)31-23-9-14-27-20(17-23)18-30-34(27)25-12-7-22(8-13-25)32-29(36)28-4-2-16-37-28/h2,4-14,16-18,26,31,35H,1,3,15,19H2,(H,32,36). The molecule has 1 amide bonds. The first-order valence-corrected chi connectivity index (χ1v) is 13.2. The van der Waals surface area contributed by atoms with Crippen LogP contribution in [0.2, 0.25) is 0 Å². The number of aromatic nitrogens is 2. The third-order valence-corrected chi connectivity index (χ3v) is 7.47. The highest BCUT2D eigenvalue weighted by molar-refractivity contribution is 7.12. The predicted molar refractivity (Wildman–Crippen MR) is 151 cm³/mol. The number of rotatable bonds is 6. The van der Waals surface area contributed by atoms with Crippen LogP contribution in [0, 0.1) is 0 Å². The minimum absolute atomic E-state index is 0.104. The topological polar surface area (TPSA) is 82.4 Å². The van der Waals surface area contributed by atoms with Crippen molar-refractivity contribution in [2.24, 2.45) is 0 Å². The van der Waals surface area contributed by atoms with E-state index in [1.807, 2.05) is 58.7 Å². The van der Waals surface area contributed by atoms with Gasteiger partial charge in [0.1, 0.15) is 0 Å². The van der Waals surface area contributed by atoms with Gasteiger partial charge in [-0.3, -0.25) is 4.79 Å². The molecule has 186 valence electrons. The molecule has 2 aromatic heterocycles. The van der Waals surface area contributed by atoms with Crippen LogP contribution in [0.5, 0.6) is 0 Å². The minimum atomic E-state index is -0.241. The number of nitrogens with one attached hydrogen (secondary N) is 2. The summed E-state index contributed by atoms with van der Waals surface area (Å²) in [6.07, 6.45) is 3.52. The molecule has 1 saturated heterocycles. The number of carbonyl (C=O) groups is 1. The van der Waals surface area contributed by atoms with E-state index in [-0.39, 0.29) is 12.0 Å². The maximum atomic E-state index is 12.3. The molecule has 8 heteroatoms. The number of fused-ring (bicyclic) bond motifs is 1. The average Bonchev–Trinajstić information content (AvgIpc) is 3.60. The summed E-state index contributed by atoms with van der Waals surface area (Å²) in [7, 11) is 0. The summed E-state index contributed by atoms with van der Waals surface area (Å²) in [5.74, 6) is -0.104. The van der Waals surface area contributed by atoms with Crippen molar-refractivity contribution in [2.45, 2.75) is 18.9 Å². The van der Waals surface area contributed by atoms with Crippen molar-refractivity contribution >= 4 is 50.9 Å². The van der Waals surface area contributed by atoms with Crippen molar-refractivity contribution in [3.63, 3.8) is 0 Å². The lowest BCUT2D eigenvalue weighted by atomic mass is 10.1. The van der Waals surface area contributed by atoms with Crippen LogP contribution in [-0.4, -0.2) is 40.0 Å². The molecule has 0 saturated carbocycles. The number of hydrogen-bond acceptors (Lipinski definition) is 6. The van der Waals surface area contributed by atoms with Crippen molar-refractivity contribution in [2.75, 3.05) is 28.6 Å². The van der Waals surface area contributed by atoms with Crippen molar-refractivity contribution in [1.82, 2.24) is 9.78 Å². The van der Waals surface area contributed by atoms with E-state index >= 15 is 0 Å². The van der Waals surface area contributed by atoms with Crippen molar-refractivity contribution in [3.05, 3.63) is 95.3 Å². The van der Waals surface area contributed by atoms with Crippen LogP contribution < -0.4 is 15.5 Å². The lowest BCUT2D eigenvalue weighted by molar-refractivity contribution is 0.103. The van der Waals surface area contributed by atoms with E-state index < -0.39 is 0 Å². The fourth-order valence-electron chi connectivity index (χ4n) is 4.71. The molecule has 1 aliphatic rings. The van der Waals surface area contributed by atoms with Gasteiger partial charge >= 0.3 is 0 Å². The fourth-order valence-corrected chi connectivity index (χ4v) is 5.33. The van der Waals surface area contributed by atoms with E-state index in [1.165, 1.54) is 11.3 Å². The normalized spacial score (nSPS) is 15.6. The van der Waals surface area contributed by atoms with Gasteiger partial charge in [0.25, 0.3) is 5.91 Å². The highest BCUT2D eigenvalue weighted by atomic mass is 32.1. The summed E-state index contributed by atoms with van der Waals surface area (Å²) < 4.78 is 1.89. The van der Waals surface area contributed by atoms with Crippen LogP contribution in [0.1, 0.15) is 22.5 Å². The number of anilines is 4. The van der Waals surface area contributed by atoms with Crippen molar-refractivity contribution in [1.29, 1.82) is 0 Å². The monoisotopic (exact) mass is 509 g/mol. The van der Waals surface area contributed by atoms with Gasteiger partial charge in [-0.15, -0.1) is 11.3 Å². The summed E-state index contributed by atoms with van der Waals surface area (Å²) in [5.41, 5.74) is 5.79. The number of aliphatic hydroxyl groups excluding tert-OH is 1. The number of β-amino-alcohol motifs (C(OH)–C–C–N with tert-alkyl or cyclic N) is 1. The highest BCUT2D eigenvalue weighted by Crippen LogP contribution is 2.27. The Labute approximate surface area is 219 Å². The summed E-state index contributed by atoms with van der Waals surface area (Å²) in [4.78, 5) is 15.2. The lowest BCUT2D eigenvalue weighted by Crippen LogP contribution is -2.38. The zero-order valence-corrected chi connectivity index (χ0v) is 21.0. The number of hydrogen-bond donors (Lipinski definition) is 3. The van der Waals surface area contributed by atoms with E-state index in [2.05, 4.69) is 57.0 Å². The van der Waals surface area contributed by atoms with Gasteiger partial charge in [0, 0.05) is 41.2 Å². The van der Waals surface area contributed by atoms with Gasteiger partial charge in [0.05, 0.1) is 28.4 Å². The first-order chi connectivity index (χ1) is 18.1. The van der Waals surface area contributed by atoms with E-state index in [0.29, 0.717) is 11.4 Å². The Bertz CT molecular complexity index is 1510. The first kappa shape index (κ1) is 23.3. The maximum Gasteiger partial charge on any atom is 0.265 e. The zero-order valence-electron chi connectivity index (χ0n) is 20.2. The summed E-state index contributed by atoms with van der Waals surface area (Å²) in [5, 5.41) is 23.9. The number of nitrogens with zero attached hydrogens (tertiary/aromatic N) is 3. The molecule has 1 fully saturated rings. The SMILES string of the molecule is O=C(Nc1ccc(-n2ncc3cc(Nc4ccc(N5CCCC(O)C5)cc4)ccc32)cc1)c1cccs1. The summed E-state index contributed by atoms with van der Waals surface area (Å²) in [6, 6.07) is 25.9. The molecule has 6 rings (SSSR count). The Balaban J connectivity index is 1.14. The predicted octanol–water partition coefficient (Wildman–Crippen LogP) is 6.04. The van der Waals surface area contributed by atoms with Crippen LogP contribution in [-0.2, 0) is 0 Å². The molecule has 37 heavy (non-hydrogen) atoms. The Kier molecular flexibility index (Phi) is 6.34. The number of amides is 1. The van der Waals surface area contributed by atoms with Gasteiger partial charge in [0.15, 0.2) is 0 Å². The molecule has 7 nitrogen and oxygen atoms in total. The van der Waals surface area contributed by atoms with E-state index in [1.54, 1.807) is 0 Å². The number of aliphatic hydroxyl groups is 1. The van der Waals surface area contributed by atoms with Crippen LogP contribution in [0.15, 0.2) is 90.4 Å². The zero-order chi connectivity index (χ0) is 25.2. The number of carbonyl (C=O) groups excluding carboxylic acids is 1. The largest absolute Gasteiger partial charge is 0.391 e. The summed E-state index contributed by atoms with van der Waals surface area (Å²) in [6.45, 7) is 1.68. The second kappa shape index (κ2) is 10.1. The highest BCUT2D eigenvalue weighted by Gasteiger charge is 2.17. The molecule has 3 aromatic carbocycles. The molecule has 3 heterocycles. The Morgan fingerprint density at radius 2 is 1.70 bits per heavy atom. The third kappa shape index (κ3) is 5.07. The van der Waals surface area contributed by atoms with Crippen LogP contribution >= 0.6 is 11.3 Å². The number of thiophene rings is 1. The minimum Gasteiger partial charge on any atom is -0.391 e. The van der Waals surface area contributed by atoms with E-state index in [0.717, 1.165) is 58.7 Å². The number of piperidine rings is 1. The fraction of sp³-hybridized carbons (Fsp3) is 0.172. The quantitative estimate of drug-likeness (QED) is 0.260. The third-order valence-electron chi connectivity index (χ3n) is 6.60. The van der Waals surface area contributed by atoms with E-state index in [9.17, 15) is 9.90 Å². The van der Waals surface area contributed by atoms with Gasteiger partial charge in [-0.1, -0.05) is 6.07 Å². The molecule has 1 aliphatic heterocycles. The molecular formula is C29H27N5O2S. The van der Waals surface area contributed by atoms with Crippen LogP contribution in [0.4, 0.5) is 22.7 Å². The Morgan fingerprint density at radius 1 is 0.946 bits per heavy atom. The van der Waals surface area contributed by atoms with Gasteiger partial charge in [-0.2, -0.15) is 5.10 Å². The second-order valence-corrected chi connectivity index (χ2v) is 10.2. The van der Waals surface area contributed by atoms with Gasteiger partial charge in [-0.25, -0.2) is 4.68 Å². The smallest absolute Gasteiger partial charge is 0.265 e. The summed E-state index contributed by atoms with van der Waals surface area (Å²) >= 11 is 1.42. The molecule has 5 aromatic rings. The lowest BCUT2D eigenvalue weighted by Gasteiger charge is -2.32. The molecule has 1 unspecified atom stereocenters. The molecule has 1 atom stereocenters. The first-order valence-electron chi connectivity index (χ1n) is 12.4. The molecule has 0 bridgehead atoms. The van der Waals surface area contributed by atoms with Gasteiger partial charge < -0.3 is 20.6 Å². The Hall–Kier alpha value is -4.14. The van der Waals surface area contributed by atoms with Gasteiger partial charge in [-0.05, 0) is 91.0 Å². The Morgan fingerprint density at radius 3 is 2.46 bits per heavy atom. The van der Waals surface area contributed by atoms with Gasteiger partial charge in [0.2, 0.25) is 0 Å². The molecule has 0 aliphatic carbocycles. The molecule has 0 radical (unpaired) electrons. The van der Waals surface area contributed by atoms with Crippen LogP contribution in [0.3, 0.4) is 0 Å². The molecular weight excluding hydrogens is 482 g/mol. The van der Waals surface area contributed by atoms with E-state index in [4.69, 9.17) is 0 Å². The molecule has 3 N–H and O–H groups in total. The molecule has 0 spiro atoms. The van der Waals surface area contributed by atoms with Crippen molar-refractivity contribution < 1.29 is 9.90 Å².